The number of carboxylic acid groups (broad SMARTS) is 1. The van der Waals surface area contributed by atoms with Crippen LogP contribution in [0.1, 0.15) is 42.4 Å². The summed E-state index contributed by atoms with van der Waals surface area (Å²) in [6, 6.07) is 19.6. The van der Waals surface area contributed by atoms with Gasteiger partial charge in [-0.2, -0.15) is 0 Å². The fourth-order valence-corrected chi connectivity index (χ4v) is 4.51. The third kappa shape index (κ3) is 3.75. The Kier molecular flexibility index (Phi) is 5.24. The van der Waals surface area contributed by atoms with E-state index in [9.17, 15) is 9.90 Å². The molecule has 174 valence electrons. The molecular weight excluding hydrogens is 430 g/mol. The van der Waals surface area contributed by atoms with Crippen molar-refractivity contribution in [3.8, 4) is 28.4 Å². The van der Waals surface area contributed by atoms with Gasteiger partial charge in [0.2, 0.25) is 6.79 Å². The van der Waals surface area contributed by atoms with E-state index >= 15 is 0 Å². The molecule has 6 nitrogen and oxygen atoms in total. The van der Waals surface area contributed by atoms with Crippen molar-refractivity contribution >= 4 is 16.9 Å². The Bertz CT molecular complexity index is 1390. The Hall–Kier alpha value is -3.93. The molecule has 5 rings (SSSR count). The summed E-state index contributed by atoms with van der Waals surface area (Å²) in [6.07, 6.45) is 0. The first-order valence-corrected chi connectivity index (χ1v) is 11.2. The second-order valence-corrected chi connectivity index (χ2v) is 9.52. The molecule has 34 heavy (non-hydrogen) atoms. The summed E-state index contributed by atoms with van der Waals surface area (Å²) in [5, 5.41) is 11.2. The number of carboxylic acids is 1. The Morgan fingerprint density at radius 3 is 2.38 bits per heavy atom. The van der Waals surface area contributed by atoms with Gasteiger partial charge in [-0.1, -0.05) is 57.2 Å². The van der Waals surface area contributed by atoms with Crippen LogP contribution in [0.25, 0.3) is 22.0 Å². The van der Waals surface area contributed by atoms with E-state index in [-0.39, 0.29) is 17.9 Å². The van der Waals surface area contributed by atoms with Crippen molar-refractivity contribution in [2.75, 3.05) is 13.9 Å². The molecule has 1 aromatic heterocycles. The summed E-state index contributed by atoms with van der Waals surface area (Å²) in [6.45, 7) is 7.00. The SMILES string of the molecule is COc1cccc(Cn2c(C(=O)O)c(-c3ccc(C(C)(C)C)cc3)c3cc4c(cc32)OCO4)c1. The maximum atomic E-state index is 12.7. The normalized spacial score (nSPS) is 12.8. The minimum atomic E-state index is -0.990. The topological polar surface area (TPSA) is 69.9 Å². The summed E-state index contributed by atoms with van der Waals surface area (Å²) in [5.74, 6) is 0.969. The van der Waals surface area contributed by atoms with Gasteiger partial charge < -0.3 is 23.9 Å². The maximum absolute atomic E-state index is 12.7. The largest absolute Gasteiger partial charge is 0.497 e. The number of methoxy groups -OCH3 is 1. The molecule has 0 unspecified atom stereocenters. The van der Waals surface area contributed by atoms with Gasteiger partial charge in [0, 0.05) is 23.6 Å². The third-order valence-electron chi connectivity index (χ3n) is 6.27. The van der Waals surface area contributed by atoms with Crippen molar-refractivity contribution in [1.29, 1.82) is 0 Å². The molecule has 0 saturated carbocycles. The van der Waals surface area contributed by atoms with Crippen LogP contribution in [0, 0.1) is 0 Å². The molecule has 1 N–H and O–H groups in total. The molecule has 0 saturated heterocycles. The van der Waals surface area contributed by atoms with Crippen LogP contribution in [0.4, 0.5) is 0 Å². The van der Waals surface area contributed by atoms with Crippen LogP contribution < -0.4 is 14.2 Å². The van der Waals surface area contributed by atoms with Crippen molar-refractivity contribution < 1.29 is 24.1 Å². The highest BCUT2D eigenvalue weighted by molar-refractivity contribution is 6.09. The van der Waals surface area contributed by atoms with E-state index in [1.807, 2.05) is 53.1 Å². The molecular formula is C28H27NO5. The number of aromatic carboxylic acids is 1. The van der Waals surface area contributed by atoms with E-state index in [4.69, 9.17) is 14.2 Å². The van der Waals surface area contributed by atoms with Gasteiger partial charge in [0.15, 0.2) is 11.5 Å². The van der Waals surface area contributed by atoms with Crippen LogP contribution in [0.3, 0.4) is 0 Å². The van der Waals surface area contributed by atoms with Gasteiger partial charge in [-0.15, -0.1) is 0 Å². The smallest absolute Gasteiger partial charge is 0.353 e. The van der Waals surface area contributed by atoms with E-state index in [2.05, 4.69) is 32.9 Å². The lowest BCUT2D eigenvalue weighted by molar-refractivity contribution is 0.0687. The molecule has 1 aliphatic rings. The van der Waals surface area contributed by atoms with Crippen molar-refractivity contribution in [1.82, 2.24) is 4.57 Å². The predicted molar refractivity (Wildman–Crippen MR) is 131 cm³/mol. The summed E-state index contributed by atoms with van der Waals surface area (Å²) >= 11 is 0. The zero-order valence-electron chi connectivity index (χ0n) is 19.7. The molecule has 0 bridgehead atoms. The maximum Gasteiger partial charge on any atom is 0.353 e. The van der Waals surface area contributed by atoms with Crippen LogP contribution in [0.5, 0.6) is 17.2 Å². The first-order valence-electron chi connectivity index (χ1n) is 11.2. The minimum Gasteiger partial charge on any atom is -0.497 e. The molecule has 6 heteroatoms. The van der Waals surface area contributed by atoms with Gasteiger partial charge in [0.05, 0.1) is 12.6 Å². The van der Waals surface area contributed by atoms with Crippen molar-refractivity contribution in [3.05, 3.63) is 77.5 Å². The molecule has 3 aromatic carbocycles. The highest BCUT2D eigenvalue weighted by Crippen LogP contribution is 2.43. The summed E-state index contributed by atoms with van der Waals surface area (Å²) < 4.78 is 18.4. The fourth-order valence-electron chi connectivity index (χ4n) is 4.51. The molecule has 2 heterocycles. The monoisotopic (exact) mass is 457 g/mol. The summed E-state index contributed by atoms with van der Waals surface area (Å²) in [7, 11) is 1.62. The van der Waals surface area contributed by atoms with Gasteiger partial charge in [0.25, 0.3) is 0 Å². The zero-order valence-corrected chi connectivity index (χ0v) is 19.7. The highest BCUT2D eigenvalue weighted by Gasteiger charge is 2.27. The van der Waals surface area contributed by atoms with Crippen LogP contribution in [0.2, 0.25) is 0 Å². The van der Waals surface area contributed by atoms with Crippen LogP contribution in [0.15, 0.2) is 60.7 Å². The molecule has 0 spiro atoms. The first-order chi connectivity index (χ1) is 16.3. The Morgan fingerprint density at radius 1 is 1.03 bits per heavy atom. The Balaban J connectivity index is 1.76. The first kappa shape index (κ1) is 21.9. The lowest BCUT2D eigenvalue weighted by atomic mass is 9.86. The molecule has 0 atom stereocenters. The van der Waals surface area contributed by atoms with Gasteiger partial charge in [-0.05, 0) is 40.3 Å². The van der Waals surface area contributed by atoms with Gasteiger partial charge >= 0.3 is 5.97 Å². The quantitative estimate of drug-likeness (QED) is 0.393. The van der Waals surface area contributed by atoms with Gasteiger partial charge in [-0.25, -0.2) is 4.79 Å². The fraction of sp³-hybridized carbons (Fsp3) is 0.250. The lowest BCUT2D eigenvalue weighted by Crippen LogP contribution is -2.11. The molecule has 1 aliphatic heterocycles. The number of benzene rings is 3. The van der Waals surface area contributed by atoms with E-state index < -0.39 is 5.97 Å². The summed E-state index contributed by atoms with van der Waals surface area (Å²) in [5.41, 5.74) is 4.64. The molecule has 0 fully saturated rings. The van der Waals surface area contributed by atoms with Gasteiger partial charge in [0.1, 0.15) is 11.4 Å². The predicted octanol–water partition coefficient (Wildman–Crippen LogP) is 6.09. The average Bonchev–Trinajstić information content (AvgIpc) is 3.39. The molecule has 0 amide bonds. The van der Waals surface area contributed by atoms with Crippen LogP contribution in [-0.4, -0.2) is 29.5 Å². The summed E-state index contributed by atoms with van der Waals surface area (Å²) in [4.78, 5) is 12.7. The third-order valence-corrected chi connectivity index (χ3v) is 6.27. The number of hydrogen-bond acceptors (Lipinski definition) is 4. The number of nitrogens with zero attached hydrogens (tertiary/aromatic N) is 1. The van der Waals surface area contributed by atoms with E-state index in [0.717, 1.165) is 27.8 Å². The number of carbonyl (C=O) groups is 1. The zero-order chi connectivity index (χ0) is 24.0. The van der Waals surface area contributed by atoms with E-state index in [1.54, 1.807) is 7.11 Å². The van der Waals surface area contributed by atoms with Crippen molar-refractivity contribution in [3.63, 3.8) is 0 Å². The number of fused-ring (bicyclic) bond motifs is 2. The second-order valence-electron chi connectivity index (χ2n) is 9.52. The van der Waals surface area contributed by atoms with Gasteiger partial charge in [-0.3, -0.25) is 0 Å². The van der Waals surface area contributed by atoms with Crippen LogP contribution in [-0.2, 0) is 12.0 Å². The highest BCUT2D eigenvalue weighted by atomic mass is 16.7. The molecule has 4 aromatic rings. The number of ether oxygens (including phenoxy) is 3. The number of rotatable bonds is 5. The average molecular weight is 458 g/mol. The standard InChI is InChI=1S/C28H27NO5/c1-28(2,3)19-10-8-18(9-11-19)25-21-13-23-24(34-16-33-23)14-22(21)29(26(25)27(30)31)15-17-6-5-7-20(12-17)32-4/h5-14H,15-16H2,1-4H3,(H,30,31). The number of hydrogen-bond donors (Lipinski definition) is 1. The minimum absolute atomic E-state index is 0.000520. The van der Waals surface area contributed by atoms with Crippen molar-refractivity contribution in [2.45, 2.75) is 32.7 Å². The van der Waals surface area contributed by atoms with E-state index in [1.165, 1.54) is 5.56 Å². The van der Waals surface area contributed by atoms with E-state index in [0.29, 0.717) is 23.6 Å². The second kappa shape index (κ2) is 8.13. The Labute approximate surface area is 198 Å². The van der Waals surface area contributed by atoms with Crippen molar-refractivity contribution in [2.24, 2.45) is 0 Å². The molecule has 0 radical (unpaired) electrons. The Morgan fingerprint density at radius 2 is 1.74 bits per heavy atom. The number of aromatic nitrogens is 1. The van der Waals surface area contributed by atoms with Crippen LogP contribution >= 0.6 is 0 Å². The molecule has 0 aliphatic carbocycles. The lowest BCUT2D eigenvalue weighted by Gasteiger charge is -2.19.